The largest absolute Gasteiger partial charge is 0.423 e. The van der Waals surface area contributed by atoms with Crippen LogP contribution in [0.4, 0.5) is 37.7 Å². The molecule has 2 aromatic heterocycles. The summed E-state index contributed by atoms with van der Waals surface area (Å²) >= 11 is 0. The Balaban J connectivity index is 1.28. The van der Waals surface area contributed by atoms with Gasteiger partial charge in [0.05, 0.1) is 53.9 Å². The van der Waals surface area contributed by atoms with Gasteiger partial charge in [0.25, 0.3) is 5.56 Å². The SMILES string of the molecule is CC(COCCC(=O)N1CCC2(CC1)C(=O)N(C)c1cc(C(F)(F)F)cnc12)Nc1cn[nH]c(=O)c1C(F)(F)F. The molecule has 2 N–H and O–H groups in total. The maximum absolute atomic E-state index is 13.2. The number of nitrogens with zero attached hydrogens (tertiary/aromatic N) is 4. The van der Waals surface area contributed by atoms with Crippen molar-refractivity contribution in [3.63, 3.8) is 0 Å². The van der Waals surface area contributed by atoms with E-state index in [2.05, 4.69) is 15.4 Å². The van der Waals surface area contributed by atoms with Crippen molar-refractivity contribution in [2.24, 2.45) is 0 Å². The van der Waals surface area contributed by atoms with Gasteiger partial charge in [-0.1, -0.05) is 0 Å². The van der Waals surface area contributed by atoms with Crippen LogP contribution in [0.25, 0.3) is 0 Å². The van der Waals surface area contributed by atoms with Gasteiger partial charge in [-0.2, -0.15) is 31.4 Å². The number of alkyl halides is 6. The average molecular weight is 576 g/mol. The Labute approximate surface area is 223 Å². The number of halogens is 6. The van der Waals surface area contributed by atoms with Crippen LogP contribution < -0.4 is 15.8 Å². The number of H-pyrrole nitrogens is 1. The highest BCUT2D eigenvalue weighted by atomic mass is 19.4. The maximum atomic E-state index is 13.2. The maximum Gasteiger partial charge on any atom is 0.423 e. The van der Waals surface area contributed by atoms with Gasteiger partial charge in [0.2, 0.25) is 11.8 Å². The molecule has 2 aliphatic heterocycles. The zero-order chi connectivity index (χ0) is 29.5. The number of carbonyl (C=O) groups is 2. The quantitative estimate of drug-likeness (QED) is 0.384. The number of pyridine rings is 1. The number of aromatic nitrogens is 3. The molecular weight excluding hydrogens is 550 g/mol. The number of piperidine rings is 1. The zero-order valence-electron chi connectivity index (χ0n) is 21.4. The Hall–Kier alpha value is -3.69. The van der Waals surface area contributed by atoms with Crippen LogP contribution in [0.2, 0.25) is 0 Å². The molecule has 4 heterocycles. The lowest BCUT2D eigenvalue weighted by Crippen LogP contribution is -2.50. The number of anilines is 2. The molecule has 1 saturated heterocycles. The molecular formula is C24H26F6N6O4. The van der Waals surface area contributed by atoms with E-state index in [4.69, 9.17) is 4.74 Å². The van der Waals surface area contributed by atoms with Gasteiger partial charge in [0.15, 0.2) is 0 Å². The third kappa shape index (κ3) is 5.62. The second kappa shape index (κ2) is 10.7. The van der Waals surface area contributed by atoms with Crippen LogP contribution in [-0.2, 0) is 32.1 Å². The Morgan fingerprint density at radius 1 is 1.15 bits per heavy atom. The molecule has 0 aromatic carbocycles. The van der Waals surface area contributed by atoms with Gasteiger partial charge in [-0.05, 0) is 25.8 Å². The van der Waals surface area contributed by atoms with Gasteiger partial charge >= 0.3 is 12.4 Å². The fourth-order valence-electron chi connectivity index (χ4n) is 5.03. The summed E-state index contributed by atoms with van der Waals surface area (Å²) in [6.07, 6.45) is -7.56. The molecule has 1 spiro atoms. The highest BCUT2D eigenvalue weighted by molar-refractivity contribution is 6.07. The second-order valence-corrected chi connectivity index (χ2v) is 9.77. The number of likely N-dealkylation sites (tertiary alicyclic amines) is 1. The molecule has 2 aromatic rings. The lowest BCUT2D eigenvalue weighted by molar-refractivity contribution is -0.138. The first-order valence-electron chi connectivity index (χ1n) is 12.3. The molecule has 16 heteroatoms. The van der Waals surface area contributed by atoms with Gasteiger partial charge < -0.3 is 19.9 Å². The smallest absolute Gasteiger partial charge is 0.379 e. The van der Waals surface area contributed by atoms with Crippen LogP contribution in [0, 0.1) is 0 Å². The van der Waals surface area contributed by atoms with E-state index in [0.29, 0.717) is 6.20 Å². The minimum absolute atomic E-state index is 0.0292. The van der Waals surface area contributed by atoms with Crippen LogP contribution in [-0.4, -0.2) is 71.3 Å². The number of likely N-dealkylation sites (N-methyl/N-ethyl adjacent to an activating group) is 1. The molecule has 10 nitrogen and oxygen atoms in total. The fourth-order valence-corrected chi connectivity index (χ4v) is 5.03. The molecule has 0 radical (unpaired) electrons. The minimum atomic E-state index is -4.89. The van der Waals surface area contributed by atoms with Crippen LogP contribution in [0.1, 0.15) is 43.0 Å². The van der Waals surface area contributed by atoms with E-state index < -0.39 is 46.2 Å². The molecule has 40 heavy (non-hydrogen) atoms. The molecule has 1 unspecified atom stereocenters. The fraction of sp³-hybridized carbons (Fsp3) is 0.542. The monoisotopic (exact) mass is 576 g/mol. The molecule has 218 valence electrons. The van der Waals surface area contributed by atoms with Crippen molar-refractivity contribution in [3.05, 3.63) is 45.6 Å². The first-order chi connectivity index (χ1) is 18.6. The van der Waals surface area contributed by atoms with Crippen molar-refractivity contribution in [3.8, 4) is 0 Å². The van der Waals surface area contributed by atoms with Crippen LogP contribution in [0.3, 0.4) is 0 Å². The highest BCUT2D eigenvalue weighted by Crippen LogP contribution is 2.47. The predicted molar refractivity (Wildman–Crippen MR) is 129 cm³/mol. The first-order valence-corrected chi connectivity index (χ1v) is 12.3. The number of amides is 2. The predicted octanol–water partition coefficient (Wildman–Crippen LogP) is 2.95. The van der Waals surface area contributed by atoms with Crippen LogP contribution in [0.15, 0.2) is 23.3 Å². The van der Waals surface area contributed by atoms with Crippen molar-refractivity contribution in [1.29, 1.82) is 0 Å². The van der Waals surface area contributed by atoms with Gasteiger partial charge in [0, 0.05) is 32.4 Å². The molecule has 2 amide bonds. The van der Waals surface area contributed by atoms with Gasteiger partial charge in [-0.25, -0.2) is 5.10 Å². The van der Waals surface area contributed by atoms with E-state index in [1.165, 1.54) is 23.8 Å². The summed E-state index contributed by atoms with van der Waals surface area (Å²) in [4.78, 5) is 44.0. The molecule has 0 bridgehead atoms. The lowest BCUT2D eigenvalue weighted by Gasteiger charge is -2.37. The van der Waals surface area contributed by atoms with Gasteiger partial charge in [0.1, 0.15) is 5.56 Å². The Bertz CT molecular complexity index is 1340. The number of nitrogens with one attached hydrogen (secondary N) is 2. The van der Waals surface area contributed by atoms with Crippen molar-refractivity contribution in [2.45, 2.75) is 50.0 Å². The van der Waals surface area contributed by atoms with Crippen molar-refractivity contribution in [2.75, 3.05) is 43.6 Å². The highest BCUT2D eigenvalue weighted by Gasteiger charge is 2.53. The molecule has 1 atom stereocenters. The van der Waals surface area contributed by atoms with E-state index in [1.807, 2.05) is 0 Å². The van der Waals surface area contributed by atoms with Crippen molar-refractivity contribution in [1.82, 2.24) is 20.1 Å². The van der Waals surface area contributed by atoms with E-state index in [0.717, 1.165) is 12.3 Å². The van der Waals surface area contributed by atoms with E-state index in [-0.39, 0.29) is 68.8 Å². The number of fused-ring (bicyclic) bond motifs is 2. The number of aromatic amines is 1. The Morgan fingerprint density at radius 3 is 2.45 bits per heavy atom. The second-order valence-electron chi connectivity index (χ2n) is 9.77. The summed E-state index contributed by atoms with van der Waals surface area (Å²) < 4.78 is 84.4. The third-order valence-electron chi connectivity index (χ3n) is 7.06. The topological polar surface area (TPSA) is 121 Å². The van der Waals surface area contributed by atoms with E-state index >= 15 is 0 Å². The summed E-state index contributed by atoms with van der Waals surface area (Å²) in [5.74, 6) is -0.636. The third-order valence-corrected chi connectivity index (χ3v) is 7.06. The Morgan fingerprint density at radius 2 is 1.82 bits per heavy atom. The van der Waals surface area contributed by atoms with Gasteiger partial charge in [-0.15, -0.1) is 0 Å². The van der Waals surface area contributed by atoms with E-state index in [1.54, 1.807) is 5.10 Å². The van der Waals surface area contributed by atoms with Crippen LogP contribution >= 0.6 is 0 Å². The summed E-state index contributed by atoms with van der Waals surface area (Å²) in [7, 11) is 1.40. The van der Waals surface area contributed by atoms with Gasteiger partial charge in [-0.3, -0.25) is 19.4 Å². The number of rotatable bonds is 7. The summed E-state index contributed by atoms with van der Waals surface area (Å²) in [6.45, 7) is 1.82. The molecule has 0 saturated carbocycles. The lowest BCUT2D eigenvalue weighted by atomic mass is 9.76. The van der Waals surface area contributed by atoms with Crippen molar-refractivity contribution >= 4 is 23.2 Å². The summed E-state index contributed by atoms with van der Waals surface area (Å²) in [5.41, 5.74) is -4.96. The number of carbonyl (C=O) groups excluding carboxylic acids is 2. The first kappa shape index (κ1) is 29.3. The Kier molecular flexibility index (Phi) is 7.84. The average Bonchev–Trinajstić information content (AvgIpc) is 3.07. The van der Waals surface area contributed by atoms with Crippen LogP contribution in [0.5, 0.6) is 0 Å². The van der Waals surface area contributed by atoms with E-state index in [9.17, 15) is 40.7 Å². The standard InChI is InChI=1S/C24H26F6N6O4/c1-13(33-15-11-32-34-20(38)18(15)24(28,29)30)12-40-8-3-17(37)36-6-4-22(5-7-36)19-16(35(2)21(22)39)9-14(10-31-19)23(25,26)27/h9-11,13H,3-8,12H2,1-2H3,(H2,33,34,38). The zero-order valence-corrected chi connectivity index (χ0v) is 21.4. The minimum Gasteiger partial charge on any atom is -0.379 e. The molecule has 1 fully saturated rings. The summed E-state index contributed by atoms with van der Waals surface area (Å²) in [6, 6.07) is 0.265. The van der Waals surface area contributed by atoms with Crippen molar-refractivity contribution < 1.29 is 40.7 Å². The normalized spacial score (nSPS) is 17.8. The molecule has 0 aliphatic carbocycles. The number of hydrogen-bond donors (Lipinski definition) is 2. The summed E-state index contributed by atoms with van der Waals surface area (Å²) in [5, 5.41) is 7.66. The molecule has 4 rings (SSSR count). The molecule has 2 aliphatic rings. The number of ether oxygens (including phenoxy) is 1. The number of hydrogen-bond acceptors (Lipinski definition) is 7.